The van der Waals surface area contributed by atoms with Gasteiger partial charge in [-0.2, -0.15) is 0 Å². The fourth-order valence-electron chi connectivity index (χ4n) is 3.59. The number of hydrogen-bond donors (Lipinski definition) is 1. The standard InChI is InChI=1S/C25H22N4O4S/c1-3-17-11-13-18(14-12-17)28-24(31)19-7-4-5-8-21(19)27-25(28)34-15-23(30)26-20-9-6-10-22(16(20)2)29(32)33/h4-14H,3,15H2,1-2H3,(H,26,30). The van der Waals surface area contributed by atoms with Crippen LogP contribution in [0.2, 0.25) is 0 Å². The minimum Gasteiger partial charge on any atom is -0.325 e. The summed E-state index contributed by atoms with van der Waals surface area (Å²) in [6.45, 7) is 3.64. The predicted molar refractivity (Wildman–Crippen MR) is 134 cm³/mol. The van der Waals surface area contributed by atoms with E-state index in [4.69, 9.17) is 0 Å². The largest absolute Gasteiger partial charge is 0.325 e. The SMILES string of the molecule is CCc1ccc(-n2c(SCC(=O)Nc3cccc([N+](=O)[O-])c3C)nc3ccccc3c2=O)cc1. The van der Waals surface area contributed by atoms with Gasteiger partial charge in [-0.3, -0.25) is 24.3 Å². The topological polar surface area (TPSA) is 107 Å². The molecule has 0 aliphatic carbocycles. The quantitative estimate of drug-likeness (QED) is 0.177. The number of aromatic nitrogens is 2. The summed E-state index contributed by atoms with van der Waals surface area (Å²) in [6, 6.07) is 19.3. The summed E-state index contributed by atoms with van der Waals surface area (Å²) in [7, 11) is 0. The third kappa shape index (κ3) is 4.69. The zero-order valence-electron chi connectivity index (χ0n) is 18.6. The maximum Gasteiger partial charge on any atom is 0.274 e. The average molecular weight is 475 g/mol. The van der Waals surface area contributed by atoms with Crippen molar-refractivity contribution in [3.63, 3.8) is 0 Å². The molecule has 1 N–H and O–H groups in total. The van der Waals surface area contributed by atoms with Crippen LogP contribution < -0.4 is 10.9 Å². The molecule has 4 rings (SSSR count). The van der Waals surface area contributed by atoms with E-state index in [0.29, 0.717) is 33.0 Å². The molecule has 34 heavy (non-hydrogen) atoms. The van der Waals surface area contributed by atoms with Crippen molar-refractivity contribution in [3.05, 3.63) is 98.3 Å². The normalized spacial score (nSPS) is 10.9. The maximum atomic E-state index is 13.3. The van der Waals surface area contributed by atoms with Crippen molar-refractivity contribution >= 4 is 39.9 Å². The Bertz CT molecular complexity index is 1450. The van der Waals surface area contributed by atoms with E-state index in [1.165, 1.54) is 16.7 Å². The van der Waals surface area contributed by atoms with E-state index in [9.17, 15) is 19.7 Å². The first-order chi connectivity index (χ1) is 16.4. The number of para-hydroxylation sites is 1. The Morgan fingerprint density at radius 2 is 1.82 bits per heavy atom. The van der Waals surface area contributed by atoms with Crippen LogP contribution in [0.15, 0.2) is 76.7 Å². The molecule has 9 heteroatoms. The molecule has 0 aliphatic rings. The molecule has 1 amide bonds. The number of nitro benzene ring substituents is 1. The molecule has 1 heterocycles. The summed E-state index contributed by atoms with van der Waals surface area (Å²) in [4.78, 5) is 41.3. The number of aryl methyl sites for hydroxylation is 1. The van der Waals surface area contributed by atoms with Crippen LogP contribution in [-0.4, -0.2) is 26.1 Å². The minimum absolute atomic E-state index is 0.0278. The number of thioether (sulfide) groups is 1. The molecule has 0 bridgehead atoms. The second-order valence-corrected chi connectivity index (χ2v) is 8.56. The Morgan fingerprint density at radius 1 is 1.09 bits per heavy atom. The predicted octanol–water partition coefficient (Wildman–Crippen LogP) is 4.90. The third-order valence-corrected chi connectivity index (χ3v) is 6.39. The van der Waals surface area contributed by atoms with E-state index in [-0.39, 0.29) is 22.9 Å². The van der Waals surface area contributed by atoms with Crippen LogP contribution in [0.4, 0.5) is 11.4 Å². The number of carbonyl (C=O) groups is 1. The van der Waals surface area contributed by atoms with Crippen LogP contribution >= 0.6 is 11.8 Å². The van der Waals surface area contributed by atoms with Crippen LogP contribution in [0.25, 0.3) is 16.6 Å². The van der Waals surface area contributed by atoms with Crippen molar-refractivity contribution in [3.8, 4) is 5.69 Å². The molecule has 4 aromatic rings. The fraction of sp³-hybridized carbons (Fsp3) is 0.160. The van der Waals surface area contributed by atoms with Gasteiger partial charge in [0.1, 0.15) is 0 Å². The Hall–Kier alpha value is -3.98. The molecule has 8 nitrogen and oxygen atoms in total. The summed E-state index contributed by atoms with van der Waals surface area (Å²) in [5.74, 6) is -0.385. The number of nitro groups is 1. The molecule has 3 aromatic carbocycles. The molecule has 0 saturated heterocycles. The van der Waals surface area contributed by atoms with E-state index in [0.717, 1.165) is 23.7 Å². The highest BCUT2D eigenvalue weighted by atomic mass is 32.2. The highest BCUT2D eigenvalue weighted by molar-refractivity contribution is 7.99. The lowest BCUT2D eigenvalue weighted by molar-refractivity contribution is -0.385. The van der Waals surface area contributed by atoms with Crippen molar-refractivity contribution < 1.29 is 9.72 Å². The van der Waals surface area contributed by atoms with E-state index in [1.54, 1.807) is 37.3 Å². The molecular weight excluding hydrogens is 452 g/mol. The summed E-state index contributed by atoms with van der Waals surface area (Å²) in [5.41, 5.74) is 2.83. The smallest absolute Gasteiger partial charge is 0.274 e. The van der Waals surface area contributed by atoms with Crippen LogP contribution in [0.3, 0.4) is 0 Å². The third-order valence-electron chi connectivity index (χ3n) is 5.46. The lowest BCUT2D eigenvalue weighted by Gasteiger charge is -2.14. The second kappa shape index (κ2) is 9.88. The van der Waals surface area contributed by atoms with Gasteiger partial charge in [0.25, 0.3) is 11.2 Å². The first kappa shape index (κ1) is 23.2. The first-order valence-electron chi connectivity index (χ1n) is 10.7. The molecule has 0 unspecified atom stereocenters. The number of nitrogens with one attached hydrogen (secondary N) is 1. The summed E-state index contributed by atoms with van der Waals surface area (Å²) in [5, 5.41) is 14.8. The highest BCUT2D eigenvalue weighted by Gasteiger charge is 2.17. The lowest BCUT2D eigenvalue weighted by Crippen LogP contribution is -2.23. The monoisotopic (exact) mass is 474 g/mol. The van der Waals surface area contributed by atoms with Crippen LogP contribution in [-0.2, 0) is 11.2 Å². The summed E-state index contributed by atoms with van der Waals surface area (Å²) in [6.07, 6.45) is 0.879. The fourth-order valence-corrected chi connectivity index (χ4v) is 4.40. The molecule has 172 valence electrons. The molecule has 0 aliphatic heterocycles. The highest BCUT2D eigenvalue weighted by Crippen LogP contribution is 2.26. The molecule has 0 radical (unpaired) electrons. The van der Waals surface area contributed by atoms with Gasteiger partial charge in [0.2, 0.25) is 5.91 Å². The first-order valence-corrected chi connectivity index (χ1v) is 11.7. The molecule has 0 atom stereocenters. The van der Waals surface area contributed by atoms with Gasteiger partial charge in [-0.1, -0.05) is 49.0 Å². The van der Waals surface area contributed by atoms with Gasteiger partial charge in [-0.05, 0) is 49.2 Å². The van der Waals surface area contributed by atoms with Gasteiger partial charge < -0.3 is 5.32 Å². The number of nitrogens with zero attached hydrogens (tertiary/aromatic N) is 3. The van der Waals surface area contributed by atoms with Crippen molar-refractivity contribution in [2.45, 2.75) is 25.4 Å². The lowest BCUT2D eigenvalue weighted by atomic mass is 10.1. The van der Waals surface area contributed by atoms with E-state index < -0.39 is 4.92 Å². The van der Waals surface area contributed by atoms with Crippen LogP contribution in [0.5, 0.6) is 0 Å². The molecule has 0 saturated carbocycles. The van der Waals surface area contributed by atoms with Crippen molar-refractivity contribution in [2.75, 3.05) is 11.1 Å². The zero-order valence-corrected chi connectivity index (χ0v) is 19.5. The van der Waals surface area contributed by atoms with Crippen molar-refractivity contribution in [1.29, 1.82) is 0 Å². The minimum atomic E-state index is -0.485. The van der Waals surface area contributed by atoms with Gasteiger partial charge >= 0.3 is 0 Å². The Morgan fingerprint density at radius 3 is 2.53 bits per heavy atom. The Labute approximate surface area is 199 Å². The van der Waals surface area contributed by atoms with E-state index in [2.05, 4.69) is 17.2 Å². The van der Waals surface area contributed by atoms with Gasteiger partial charge in [-0.25, -0.2) is 4.98 Å². The Balaban J connectivity index is 1.65. The van der Waals surface area contributed by atoms with Gasteiger partial charge in [0.15, 0.2) is 5.16 Å². The number of anilines is 1. The van der Waals surface area contributed by atoms with E-state index >= 15 is 0 Å². The number of benzene rings is 3. The number of hydrogen-bond acceptors (Lipinski definition) is 6. The second-order valence-electron chi connectivity index (χ2n) is 7.62. The number of amides is 1. The molecule has 1 aromatic heterocycles. The Kier molecular flexibility index (Phi) is 6.74. The molecular formula is C25H22N4O4S. The van der Waals surface area contributed by atoms with E-state index in [1.807, 2.05) is 24.3 Å². The molecule has 0 spiro atoms. The summed E-state index contributed by atoms with van der Waals surface area (Å²) >= 11 is 1.13. The van der Waals surface area contributed by atoms with Crippen molar-refractivity contribution in [2.24, 2.45) is 0 Å². The number of carbonyl (C=O) groups excluding carboxylic acids is 1. The van der Waals surface area contributed by atoms with Gasteiger partial charge in [0, 0.05) is 6.07 Å². The van der Waals surface area contributed by atoms with Crippen molar-refractivity contribution in [1.82, 2.24) is 9.55 Å². The van der Waals surface area contributed by atoms with Crippen LogP contribution in [0.1, 0.15) is 18.1 Å². The molecule has 0 fully saturated rings. The maximum absolute atomic E-state index is 13.3. The number of rotatable bonds is 7. The average Bonchev–Trinajstić information content (AvgIpc) is 2.84. The number of fused-ring (bicyclic) bond motifs is 1. The van der Waals surface area contributed by atoms with Crippen LogP contribution in [0, 0.1) is 17.0 Å². The van der Waals surface area contributed by atoms with Gasteiger partial charge in [-0.15, -0.1) is 0 Å². The zero-order chi connectivity index (χ0) is 24.2. The van der Waals surface area contributed by atoms with Gasteiger partial charge in [0.05, 0.1) is 38.5 Å². The summed E-state index contributed by atoms with van der Waals surface area (Å²) < 4.78 is 1.51.